The van der Waals surface area contributed by atoms with E-state index in [0.29, 0.717) is 12.0 Å². The highest BCUT2D eigenvalue weighted by Gasteiger charge is 2.23. The van der Waals surface area contributed by atoms with Gasteiger partial charge in [0.05, 0.1) is 0 Å². The van der Waals surface area contributed by atoms with E-state index in [-0.39, 0.29) is 5.91 Å². The average Bonchev–Trinajstić information content (AvgIpc) is 2.32. The van der Waals surface area contributed by atoms with E-state index >= 15 is 0 Å². The number of rotatable bonds is 2. The van der Waals surface area contributed by atoms with Crippen LogP contribution in [0.15, 0.2) is 18.2 Å². The largest absolute Gasteiger partial charge is 0.349 e. The van der Waals surface area contributed by atoms with Crippen LogP contribution in [-0.4, -0.2) is 11.9 Å². The monoisotopic (exact) mass is 245 g/mol. The number of carbonyl (C=O) groups is 1. The first-order valence-corrected chi connectivity index (χ1v) is 6.96. The Morgan fingerprint density at radius 2 is 1.94 bits per heavy atom. The molecule has 2 nitrogen and oxygen atoms in total. The van der Waals surface area contributed by atoms with Gasteiger partial charge in [0.15, 0.2) is 0 Å². The number of benzene rings is 1. The molecule has 0 unspecified atom stereocenters. The molecular weight excluding hydrogens is 222 g/mol. The molecular formula is C16H23NO. The number of nitrogens with one attached hydrogen (secondary N) is 1. The maximum absolute atomic E-state index is 12.3. The Kier molecular flexibility index (Phi) is 4.05. The first kappa shape index (κ1) is 13.1. The number of aryl methyl sites for hydroxylation is 2. The van der Waals surface area contributed by atoms with Crippen LogP contribution in [0, 0.1) is 19.8 Å². The zero-order valence-electron chi connectivity index (χ0n) is 11.6. The van der Waals surface area contributed by atoms with E-state index in [1.165, 1.54) is 24.8 Å². The molecule has 1 saturated carbocycles. The van der Waals surface area contributed by atoms with Crippen molar-refractivity contribution < 1.29 is 4.79 Å². The van der Waals surface area contributed by atoms with Gasteiger partial charge in [-0.25, -0.2) is 0 Å². The summed E-state index contributed by atoms with van der Waals surface area (Å²) < 4.78 is 0. The fourth-order valence-electron chi connectivity index (χ4n) is 2.85. The fourth-order valence-corrected chi connectivity index (χ4v) is 2.85. The Morgan fingerprint density at radius 3 is 2.61 bits per heavy atom. The lowest BCUT2D eigenvalue weighted by molar-refractivity contribution is 0.0909. The van der Waals surface area contributed by atoms with E-state index in [1.54, 1.807) is 0 Å². The summed E-state index contributed by atoms with van der Waals surface area (Å²) in [5.41, 5.74) is 3.09. The van der Waals surface area contributed by atoms with Gasteiger partial charge in [0.2, 0.25) is 0 Å². The van der Waals surface area contributed by atoms with Crippen molar-refractivity contribution >= 4 is 5.91 Å². The lowest BCUT2D eigenvalue weighted by Gasteiger charge is -2.29. The normalized spacial score (nSPS) is 23.7. The Morgan fingerprint density at radius 1 is 1.22 bits per heavy atom. The van der Waals surface area contributed by atoms with Gasteiger partial charge in [0.1, 0.15) is 0 Å². The van der Waals surface area contributed by atoms with Gasteiger partial charge in [0, 0.05) is 11.6 Å². The minimum atomic E-state index is 0.0891. The molecule has 0 heterocycles. The molecule has 0 aromatic heterocycles. The van der Waals surface area contributed by atoms with Crippen LogP contribution >= 0.6 is 0 Å². The van der Waals surface area contributed by atoms with E-state index in [1.807, 2.05) is 19.1 Å². The van der Waals surface area contributed by atoms with Crippen molar-refractivity contribution in [2.45, 2.75) is 52.5 Å². The van der Waals surface area contributed by atoms with Gasteiger partial charge in [-0.1, -0.05) is 37.5 Å². The van der Waals surface area contributed by atoms with Crippen LogP contribution in [0.3, 0.4) is 0 Å². The minimum absolute atomic E-state index is 0.0891. The SMILES string of the molecule is Cc1ccc(C(=O)N[C@H]2CCCC[C@H]2C)c(C)c1. The Bertz CT molecular complexity index is 439. The minimum Gasteiger partial charge on any atom is -0.349 e. The summed E-state index contributed by atoms with van der Waals surface area (Å²) >= 11 is 0. The average molecular weight is 245 g/mol. The first-order valence-electron chi connectivity index (χ1n) is 6.96. The van der Waals surface area contributed by atoms with Gasteiger partial charge in [-0.15, -0.1) is 0 Å². The van der Waals surface area contributed by atoms with Gasteiger partial charge >= 0.3 is 0 Å². The van der Waals surface area contributed by atoms with Crippen LogP contribution in [0.4, 0.5) is 0 Å². The molecule has 1 N–H and O–H groups in total. The van der Waals surface area contributed by atoms with Crippen molar-refractivity contribution in [2.75, 3.05) is 0 Å². The quantitative estimate of drug-likeness (QED) is 0.847. The van der Waals surface area contributed by atoms with E-state index in [9.17, 15) is 4.79 Å². The topological polar surface area (TPSA) is 29.1 Å². The van der Waals surface area contributed by atoms with E-state index in [4.69, 9.17) is 0 Å². The third-order valence-corrected chi connectivity index (χ3v) is 4.05. The second-order valence-corrected chi connectivity index (χ2v) is 5.66. The maximum Gasteiger partial charge on any atom is 0.251 e. The van der Waals surface area contributed by atoms with E-state index < -0.39 is 0 Å². The van der Waals surface area contributed by atoms with Gasteiger partial charge in [-0.05, 0) is 44.2 Å². The third-order valence-electron chi connectivity index (χ3n) is 4.05. The molecule has 1 aromatic rings. The lowest BCUT2D eigenvalue weighted by Crippen LogP contribution is -2.41. The maximum atomic E-state index is 12.3. The molecule has 98 valence electrons. The first-order chi connectivity index (χ1) is 8.58. The molecule has 1 fully saturated rings. The molecule has 0 bridgehead atoms. The van der Waals surface area contributed by atoms with Crippen molar-refractivity contribution in [1.29, 1.82) is 0 Å². The molecule has 1 aromatic carbocycles. The van der Waals surface area contributed by atoms with Crippen LogP contribution in [-0.2, 0) is 0 Å². The standard InChI is InChI=1S/C16H23NO/c1-11-8-9-14(13(3)10-11)16(18)17-15-7-5-4-6-12(15)2/h8-10,12,15H,4-7H2,1-3H3,(H,17,18)/t12-,15+/m1/s1. The highest BCUT2D eigenvalue weighted by Crippen LogP contribution is 2.24. The lowest BCUT2D eigenvalue weighted by atomic mass is 9.85. The van der Waals surface area contributed by atoms with Crippen molar-refractivity contribution in [3.63, 3.8) is 0 Å². The van der Waals surface area contributed by atoms with Crippen LogP contribution in [0.5, 0.6) is 0 Å². The molecule has 18 heavy (non-hydrogen) atoms. The molecule has 2 atom stereocenters. The summed E-state index contributed by atoms with van der Waals surface area (Å²) in [4.78, 5) is 12.3. The predicted octanol–water partition coefficient (Wildman–Crippen LogP) is 3.61. The van der Waals surface area contributed by atoms with Crippen LogP contribution in [0.1, 0.15) is 54.1 Å². The van der Waals surface area contributed by atoms with Crippen molar-refractivity contribution in [3.05, 3.63) is 34.9 Å². The summed E-state index contributed by atoms with van der Waals surface area (Å²) in [6, 6.07) is 6.37. The number of hydrogen-bond acceptors (Lipinski definition) is 1. The molecule has 0 saturated heterocycles. The van der Waals surface area contributed by atoms with Crippen molar-refractivity contribution in [2.24, 2.45) is 5.92 Å². The molecule has 1 amide bonds. The van der Waals surface area contributed by atoms with Gasteiger partial charge in [-0.2, -0.15) is 0 Å². The highest BCUT2D eigenvalue weighted by molar-refractivity contribution is 5.95. The van der Waals surface area contributed by atoms with E-state index in [0.717, 1.165) is 17.5 Å². The number of hydrogen-bond donors (Lipinski definition) is 1. The number of amides is 1. The summed E-state index contributed by atoms with van der Waals surface area (Å²) in [5, 5.41) is 3.21. The van der Waals surface area contributed by atoms with Crippen LogP contribution < -0.4 is 5.32 Å². The van der Waals surface area contributed by atoms with Crippen LogP contribution in [0.2, 0.25) is 0 Å². The molecule has 2 heteroatoms. The number of carbonyl (C=O) groups excluding carboxylic acids is 1. The third kappa shape index (κ3) is 2.92. The Hall–Kier alpha value is -1.31. The molecule has 2 rings (SSSR count). The van der Waals surface area contributed by atoms with Crippen molar-refractivity contribution in [1.82, 2.24) is 5.32 Å². The highest BCUT2D eigenvalue weighted by atomic mass is 16.1. The van der Waals surface area contributed by atoms with Crippen LogP contribution in [0.25, 0.3) is 0 Å². The van der Waals surface area contributed by atoms with Crippen molar-refractivity contribution in [3.8, 4) is 0 Å². The Balaban J connectivity index is 2.07. The Labute approximate surface area is 110 Å². The van der Waals surface area contributed by atoms with E-state index in [2.05, 4.69) is 25.2 Å². The second-order valence-electron chi connectivity index (χ2n) is 5.66. The zero-order chi connectivity index (χ0) is 13.1. The second kappa shape index (κ2) is 5.55. The molecule has 1 aliphatic carbocycles. The molecule has 0 aliphatic heterocycles. The van der Waals surface area contributed by atoms with Gasteiger partial charge in [0.25, 0.3) is 5.91 Å². The fraction of sp³-hybridized carbons (Fsp3) is 0.562. The summed E-state index contributed by atoms with van der Waals surface area (Å²) in [6.07, 6.45) is 4.90. The van der Waals surface area contributed by atoms with Gasteiger partial charge in [-0.3, -0.25) is 4.79 Å². The molecule has 0 radical (unpaired) electrons. The smallest absolute Gasteiger partial charge is 0.251 e. The summed E-state index contributed by atoms with van der Waals surface area (Å²) in [6.45, 7) is 6.30. The predicted molar refractivity (Wildman–Crippen MR) is 74.8 cm³/mol. The molecule has 1 aliphatic rings. The molecule has 0 spiro atoms. The summed E-state index contributed by atoms with van der Waals surface area (Å²) in [7, 11) is 0. The van der Waals surface area contributed by atoms with Gasteiger partial charge < -0.3 is 5.32 Å². The zero-order valence-corrected chi connectivity index (χ0v) is 11.6. The summed E-state index contributed by atoms with van der Waals surface area (Å²) in [5.74, 6) is 0.694.